The lowest BCUT2D eigenvalue weighted by atomic mass is 9.82. The molecule has 5 nitrogen and oxygen atoms in total. The van der Waals surface area contributed by atoms with Gasteiger partial charge in [-0.05, 0) is 25.7 Å². The van der Waals surface area contributed by atoms with E-state index in [9.17, 15) is 0 Å². The molecule has 0 bridgehead atoms. The van der Waals surface area contributed by atoms with Gasteiger partial charge in [0.1, 0.15) is 11.0 Å². The fourth-order valence-electron chi connectivity index (χ4n) is 3.05. The standard InChI is InChI=1S/C12H17ClN4O/c13-10-6-11(17-12(14)16-10)15-8-2-1-3-9-7(8)4-5-18-9/h6-9H,1-5H2,(H3,14,15,16,17). The third-order valence-corrected chi connectivity index (χ3v) is 4.02. The van der Waals surface area contributed by atoms with Crippen LogP contribution in [0.25, 0.3) is 0 Å². The molecule has 1 aromatic rings. The second-order valence-electron chi connectivity index (χ2n) is 4.98. The highest BCUT2D eigenvalue weighted by atomic mass is 35.5. The molecule has 3 atom stereocenters. The van der Waals surface area contributed by atoms with E-state index < -0.39 is 0 Å². The zero-order valence-corrected chi connectivity index (χ0v) is 10.9. The minimum Gasteiger partial charge on any atom is -0.378 e. The third kappa shape index (κ3) is 2.37. The number of nitrogens with two attached hydrogens (primary N) is 1. The molecule has 0 amide bonds. The first-order valence-electron chi connectivity index (χ1n) is 6.40. The molecule has 1 aromatic heterocycles. The fraction of sp³-hybridized carbons (Fsp3) is 0.667. The van der Waals surface area contributed by atoms with Crippen molar-refractivity contribution in [3.8, 4) is 0 Å². The van der Waals surface area contributed by atoms with Gasteiger partial charge in [0, 0.05) is 24.6 Å². The Bertz CT molecular complexity index is 422. The number of fused-ring (bicyclic) bond motifs is 1. The Morgan fingerprint density at radius 1 is 1.33 bits per heavy atom. The van der Waals surface area contributed by atoms with Gasteiger partial charge in [0.2, 0.25) is 5.95 Å². The van der Waals surface area contributed by atoms with Crippen LogP contribution >= 0.6 is 11.6 Å². The molecule has 1 saturated heterocycles. The summed E-state index contributed by atoms with van der Waals surface area (Å²) in [6, 6.07) is 2.12. The molecular formula is C12H17ClN4O. The van der Waals surface area contributed by atoms with Gasteiger partial charge >= 0.3 is 0 Å². The highest BCUT2D eigenvalue weighted by molar-refractivity contribution is 6.29. The van der Waals surface area contributed by atoms with Crippen molar-refractivity contribution in [2.24, 2.45) is 5.92 Å². The monoisotopic (exact) mass is 268 g/mol. The van der Waals surface area contributed by atoms with E-state index in [0.29, 0.717) is 29.0 Å². The zero-order valence-electron chi connectivity index (χ0n) is 10.1. The summed E-state index contributed by atoms with van der Waals surface area (Å²) in [5, 5.41) is 3.81. The average Bonchev–Trinajstić information content (AvgIpc) is 2.76. The van der Waals surface area contributed by atoms with Gasteiger partial charge in [0.25, 0.3) is 0 Å². The number of ether oxygens (including phenoxy) is 1. The summed E-state index contributed by atoms with van der Waals surface area (Å²) in [5.41, 5.74) is 5.60. The van der Waals surface area contributed by atoms with Crippen molar-refractivity contribution in [3.05, 3.63) is 11.2 Å². The van der Waals surface area contributed by atoms with Gasteiger partial charge in [0.05, 0.1) is 6.10 Å². The number of nitrogens with one attached hydrogen (secondary N) is 1. The van der Waals surface area contributed by atoms with Crippen molar-refractivity contribution in [2.75, 3.05) is 17.7 Å². The maximum Gasteiger partial charge on any atom is 0.223 e. The molecule has 18 heavy (non-hydrogen) atoms. The Labute approximate surface area is 111 Å². The van der Waals surface area contributed by atoms with Crippen LogP contribution < -0.4 is 11.1 Å². The predicted molar refractivity (Wildman–Crippen MR) is 70.6 cm³/mol. The quantitative estimate of drug-likeness (QED) is 0.804. The van der Waals surface area contributed by atoms with Crippen LogP contribution in [0.3, 0.4) is 0 Å². The van der Waals surface area contributed by atoms with Crippen LogP contribution in [0.15, 0.2) is 6.07 Å². The maximum absolute atomic E-state index is 5.88. The molecule has 2 aliphatic rings. The summed E-state index contributed by atoms with van der Waals surface area (Å²) in [5.74, 6) is 1.50. The molecule has 2 heterocycles. The Morgan fingerprint density at radius 3 is 3.06 bits per heavy atom. The molecule has 3 N–H and O–H groups in total. The molecule has 0 radical (unpaired) electrons. The topological polar surface area (TPSA) is 73.1 Å². The van der Waals surface area contributed by atoms with Crippen LogP contribution in [0.2, 0.25) is 5.15 Å². The van der Waals surface area contributed by atoms with Gasteiger partial charge in [-0.1, -0.05) is 11.6 Å². The molecular weight excluding hydrogens is 252 g/mol. The predicted octanol–water partition coefficient (Wildman–Crippen LogP) is 2.08. The number of nitrogen functional groups attached to an aromatic ring is 1. The summed E-state index contributed by atoms with van der Waals surface area (Å²) in [7, 11) is 0. The van der Waals surface area contributed by atoms with E-state index in [1.54, 1.807) is 6.07 Å². The number of aromatic nitrogens is 2. The molecule has 0 spiro atoms. The maximum atomic E-state index is 5.88. The summed E-state index contributed by atoms with van der Waals surface area (Å²) >= 11 is 5.88. The van der Waals surface area contributed by atoms with Crippen molar-refractivity contribution in [1.29, 1.82) is 0 Å². The highest BCUT2D eigenvalue weighted by Crippen LogP contribution is 2.35. The summed E-state index contributed by atoms with van der Waals surface area (Å²) in [4.78, 5) is 8.03. The van der Waals surface area contributed by atoms with E-state index in [2.05, 4.69) is 15.3 Å². The van der Waals surface area contributed by atoms with E-state index in [-0.39, 0.29) is 5.95 Å². The lowest BCUT2D eigenvalue weighted by molar-refractivity contribution is 0.0619. The number of halogens is 1. The highest BCUT2D eigenvalue weighted by Gasteiger charge is 2.37. The Morgan fingerprint density at radius 2 is 2.22 bits per heavy atom. The SMILES string of the molecule is Nc1nc(Cl)cc(NC2CCCC3OCCC23)n1. The molecule has 0 aromatic carbocycles. The number of nitrogens with zero attached hydrogens (tertiary/aromatic N) is 2. The van der Waals surface area contributed by atoms with Crippen LogP contribution in [0.4, 0.5) is 11.8 Å². The van der Waals surface area contributed by atoms with Crippen LogP contribution in [0.1, 0.15) is 25.7 Å². The lowest BCUT2D eigenvalue weighted by Crippen LogP contribution is -2.38. The first kappa shape index (κ1) is 12.0. The minimum atomic E-state index is 0.208. The number of hydrogen-bond donors (Lipinski definition) is 2. The van der Waals surface area contributed by atoms with Gasteiger partial charge in [-0.25, -0.2) is 4.98 Å². The van der Waals surface area contributed by atoms with Gasteiger partial charge in [0.15, 0.2) is 0 Å². The molecule has 1 aliphatic carbocycles. The van der Waals surface area contributed by atoms with E-state index >= 15 is 0 Å². The Balaban J connectivity index is 1.74. The van der Waals surface area contributed by atoms with Crippen molar-refractivity contribution >= 4 is 23.4 Å². The van der Waals surface area contributed by atoms with Gasteiger partial charge in [-0.3, -0.25) is 0 Å². The van der Waals surface area contributed by atoms with Gasteiger partial charge < -0.3 is 15.8 Å². The lowest BCUT2D eigenvalue weighted by Gasteiger charge is -2.33. The van der Waals surface area contributed by atoms with Crippen molar-refractivity contribution in [2.45, 2.75) is 37.8 Å². The third-order valence-electron chi connectivity index (χ3n) is 3.83. The van der Waals surface area contributed by atoms with Gasteiger partial charge in [-0.15, -0.1) is 0 Å². The molecule has 2 fully saturated rings. The molecule has 3 rings (SSSR count). The van der Waals surface area contributed by atoms with E-state index in [1.807, 2.05) is 0 Å². The number of rotatable bonds is 2. The smallest absolute Gasteiger partial charge is 0.223 e. The van der Waals surface area contributed by atoms with Crippen molar-refractivity contribution < 1.29 is 4.74 Å². The van der Waals surface area contributed by atoms with E-state index in [0.717, 1.165) is 19.4 Å². The zero-order chi connectivity index (χ0) is 12.5. The van der Waals surface area contributed by atoms with Gasteiger partial charge in [-0.2, -0.15) is 4.98 Å². The molecule has 3 unspecified atom stereocenters. The summed E-state index contributed by atoms with van der Waals surface area (Å²) in [6.45, 7) is 0.875. The molecule has 98 valence electrons. The van der Waals surface area contributed by atoms with Crippen molar-refractivity contribution in [1.82, 2.24) is 9.97 Å². The van der Waals surface area contributed by atoms with Crippen LogP contribution in [0, 0.1) is 5.92 Å². The van der Waals surface area contributed by atoms with Crippen LogP contribution in [0.5, 0.6) is 0 Å². The number of hydrogen-bond acceptors (Lipinski definition) is 5. The normalized spacial score (nSPS) is 31.1. The first-order chi connectivity index (χ1) is 8.72. The molecule has 1 saturated carbocycles. The van der Waals surface area contributed by atoms with Crippen LogP contribution in [-0.2, 0) is 4.74 Å². The summed E-state index contributed by atoms with van der Waals surface area (Å²) in [6.07, 6.45) is 5.04. The Hall–Kier alpha value is -1.07. The van der Waals surface area contributed by atoms with Crippen molar-refractivity contribution in [3.63, 3.8) is 0 Å². The van der Waals surface area contributed by atoms with E-state index in [1.165, 1.54) is 12.8 Å². The summed E-state index contributed by atoms with van der Waals surface area (Å²) < 4.78 is 5.75. The average molecular weight is 269 g/mol. The fourth-order valence-corrected chi connectivity index (χ4v) is 3.24. The Kier molecular flexibility index (Phi) is 3.26. The largest absolute Gasteiger partial charge is 0.378 e. The first-order valence-corrected chi connectivity index (χ1v) is 6.78. The number of anilines is 2. The second-order valence-corrected chi connectivity index (χ2v) is 5.36. The van der Waals surface area contributed by atoms with Crippen LogP contribution in [-0.4, -0.2) is 28.7 Å². The molecule has 6 heteroatoms. The molecule has 1 aliphatic heterocycles. The van der Waals surface area contributed by atoms with E-state index in [4.69, 9.17) is 22.1 Å². The second kappa shape index (κ2) is 4.90. The minimum absolute atomic E-state index is 0.208.